The molecule has 0 saturated heterocycles. The normalized spacial score (nSPS) is 20.7. The summed E-state index contributed by atoms with van der Waals surface area (Å²) >= 11 is 0. The standard InChI is InChI=1S/C21H22F4/c1-3-13-5-7-14(8-6-13)15-10-11-17(21(25)19(15)23)16-9-4-12(2)18(22)20(16)24/h4,9-11,13-14H,3,5-8H2,1-2H3. The lowest BCUT2D eigenvalue weighted by atomic mass is 9.77. The minimum Gasteiger partial charge on any atom is -0.203 e. The lowest BCUT2D eigenvalue weighted by molar-refractivity contribution is 0.312. The molecule has 25 heavy (non-hydrogen) atoms. The van der Waals surface area contributed by atoms with Crippen LogP contribution in [-0.4, -0.2) is 0 Å². The van der Waals surface area contributed by atoms with E-state index in [1.54, 1.807) is 0 Å². The van der Waals surface area contributed by atoms with Crippen LogP contribution >= 0.6 is 0 Å². The molecule has 0 spiro atoms. The second-order valence-corrected chi connectivity index (χ2v) is 7.01. The maximum absolute atomic E-state index is 14.6. The molecule has 0 heterocycles. The topological polar surface area (TPSA) is 0 Å². The summed E-state index contributed by atoms with van der Waals surface area (Å²) in [5.74, 6) is -3.55. The third kappa shape index (κ3) is 3.31. The van der Waals surface area contributed by atoms with Crippen molar-refractivity contribution in [1.29, 1.82) is 0 Å². The number of rotatable bonds is 3. The van der Waals surface area contributed by atoms with E-state index in [1.807, 2.05) is 0 Å². The van der Waals surface area contributed by atoms with Gasteiger partial charge in [0.15, 0.2) is 23.3 Å². The van der Waals surface area contributed by atoms with Crippen molar-refractivity contribution in [3.63, 3.8) is 0 Å². The van der Waals surface area contributed by atoms with Crippen LogP contribution in [0.25, 0.3) is 11.1 Å². The van der Waals surface area contributed by atoms with Crippen LogP contribution in [0.3, 0.4) is 0 Å². The molecule has 0 radical (unpaired) electrons. The SMILES string of the molecule is CCC1CCC(c2ccc(-c3ccc(C)c(F)c3F)c(F)c2F)CC1. The van der Waals surface area contributed by atoms with Crippen LogP contribution in [-0.2, 0) is 0 Å². The first-order chi connectivity index (χ1) is 11.9. The molecular weight excluding hydrogens is 328 g/mol. The number of halogens is 4. The first-order valence-corrected chi connectivity index (χ1v) is 8.86. The molecule has 0 nitrogen and oxygen atoms in total. The molecule has 0 unspecified atom stereocenters. The van der Waals surface area contributed by atoms with Crippen molar-refractivity contribution in [1.82, 2.24) is 0 Å². The van der Waals surface area contributed by atoms with Crippen molar-refractivity contribution < 1.29 is 17.6 Å². The first kappa shape index (κ1) is 18.0. The van der Waals surface area contributed by atoms with Gasteiger partial charge in [0.05, 0.1) is 0 Å². The minimum absolute atomic E-state index is 0.00838. The predicted molar refractivity (Wildman–Crippen MR) is 91.4 cm³/mol. The summed E-state index contributed by atoms with van der Waals surface area (Å²) in [6.45, 7) is 3.57. The molecule has 1 saturated carbocycles. The van der Waals surface area contributed by atoms with Crippen molar-refractivity contribution in [3.05, 3.63) is 58.7 Å². The lowest BCUT2D eigenvalue weighted by Crippen LogP contribution is -2.14. The van der Waals surface area contributed by atoms with Gasteiger partial charge in [0.1, 0.15) is 0 Å². The third-order valence-corrected chi connectivity index (χ3v) is 5.54. The predicted octanol–water partition coefficient (Wildman–Crippen LogP) is 6.90. The van der Waals surface area contributed by atoms with Crippen LogP contribution in [0.2, 0.25) is 0 Å². The molecule has 1 aliphatic rings. The van der Waals surface area contributed by atoms with E-state index in [0.717, 1.165) is 32.1 Å². The molecule has 0 aromatic heterocycles. The van der Waals surface area contributed by atoms with Crippen molar-refractivity contribution in [2.45, 2.75) is 51.9 Å². The van der Waals surface area contributed by atoms with E-state index in [9.17, 15) is 17.6 Å². The van der Waals surface area contributed by atoms with Gasteiger partial charge in [0.25, 0.3) is 0 Å². The second kappa shape index (κ2) is 7.19. The molecule has 134 valence electrons. The highest BCUT2D eigenvalue weighted by atomic mass is 19.2. The summed E-state index contributed by atoms with van der Waals surface area (Å²) in [6.07, 6.45) is 4.81. The second-order valence-electron chi connectivity index (χ2n) is 7.01. The summed E-state index contributed by atoms with van der Waals surface area (Å²) in [7, 11) is 0. The fraction of sp³-hybridized carbons (Fsp3) is 0.429. The number of benzene rings is 2. The molecule has 0 atom stereocenters. The van der Waals surface area contributed by atoms with Crippen LogP contribution in [0.5, 0.6) is 0 Å². The minimum atomic E-state index is -1.14. The highest BCUT2D eigenvalue weighted by Crippen LogP contribution is 2.40. The van der Waals surface area contributed by atoms with Gasteiger partial charge < -0.3 is 0 Å². The Labute approximate surface area is 145 Å². The molecule has 0 N–H and O–H groups in total. The van der Waals surface area contributed by atoms with E-state index in [0.29, 0.717) is 11.5 Å². The van der Waals surface area contributed by atoms with E-state index >= 15 is 0 Å². The molecule has 0 amide bonds. The van der Waals surface area contributed by atoms with E-state index in [4.69, 9.17) is 0 Å². The highest BCUT2D eigenvalue weighted by molar-refractivity contribution is 5.66. The van der Waals surface area contributed by atoms with Crippen LogP contribution in [0.1, 0.15) is 56.1 Å². The lowest BCUT2D eigenvalue weighted by Gasteiger charge is -2.28. The highest BCUT2D eigenvalue weighted by Gasteiger charge is 2.26. The van der Waals surface area contributed by atoms with Crippen LogP contribution in [0, 0.1) is 36.1 Å². The Morgan fingerprint density at radius 3 is 1.92 bits per heavy atom. The van der Waals surface area contributed by atoms with Crippen molar-refractivity contribution in [3.8, 4) is 11.1 Å². The Morgan fingerprint density at radius 1 is 0.760 bits per heavy atom. The van der Waals surface area contributed by atoms with Gasteiger partial charge in [-0.15, -0.1) is 0 Å². The molecule has 1 fully saturated rings. The van der Waals surface area contributed by atoms with Gasteiger partial charge >= 0.3 is 0 Å². The Kier molecular flexibility index (Phi) is 5.16. The zero-order valence-electron chi connectivity index (χ0n) is 14.5. The fourth-order valence-corrected chi connectivity index (χ4v) is 3.82. The van der Waals surface area contributed by atoms with Gasteiger partial charge in [-0.2, -0.15) is 0 Å². The smallest absolute Gasteiger partial charge is 0.167 e. The molecule has 2 aromatic carbocycles. The van der Waals surface area contributed by atoms with Crippen molar-refractivity contribution in [2.24, 2.45) is 5.92 Å². The summed E-state index contributed by atoms with van der Waals surface area (Å²) < 4.78 is 57.1. The molecular formula is C21H22F4. The molecule has 0 aliphatic heterocycles. The average molecular weight is 350 g/mol. The molecule has 1 aliphatic carbocycles. The Balaban J connectivity index is 1.95. The van der Waals surface area contributed by atoms with Gasteiger partial charge in [-0.25, -0.2) is 17.6 Å². The van der Waals surface area contributed by atoms with E-state index in [2.05, 4.69) is 6.92 Å². The van der Waals surface area contributed by atoms with Gasteiger partial charge in [-0.3, -0.25) is 0 Å². The third-order valence-electron chi connectivity index (χ3n) is 5.54. The van der Waals surface area contributed by atoms with Gasteiger partial charge in [0.2, 0.25) is 0 Å². The summed E-state index contributed by atoms with van der Waals surface area (Å²) in [5.41, 5.74) is -0.00383. The van der Waals surface area contributed by atoms with Gasteiger partial charge in [-0.1, -0.05) is 37.6 Å². The molecule has 3 rings (SSSR count). The van der Waals surface area contributed by atoms with Crippen molar-refractivity contribution >= 4 is 0 Å². The monoisotopic (exact) mass is 350 g/mol. The zero-order chi connectivity index (χ0) is 18.1. The fourth-order valence-electron chi connectivity index (χ4n) is 3.82. The van der Waals surface area contributed by atoms with E-state index in [-0.39, 0.29) is 22.6 Å². The first-order valence-electron chi connectivity index (χ1n) is 8.86. The quantitative estimate of drug-likeness (QED) is 0.528. The number of hydrogen-bond acceptors (Lipinski definition) is 0. The van der Waals surface area contributed by atoms with E-state index < -0.39 is 23.3 Å². The number of aryl methyl sites for hydroxylation is 1. The largest absolute Gasteiger partial charge is 0.203 e. The van der Waals surface area contributed by atoms with Gasteiger partial charge in [-0.05, 0) is 55.6 Å². The van der Waals surface area contributed by atoms with Crippen LogP contribution in [0.15, 0.2) is 24.3 Å². The Hall–Kier alpha value is -1.84. The average Bonchev–Trinajstić information content (AvgIpc) is 2.63. The summed E-state index contributed by atoms with van der Waals surface area (Å²) in [4.78, 5) is 0. The Morgan fingerprint density at radius 2 is 1.32 bits per heavy atom. The van der Waals surface area contributed by atoms with E-state index in [1.165, 1.54) is 31.2 Å². The van der Waals surface area contributed by atoms with Crippen LogP contribution in [0.4, 0.5) is 17.6 Å². The molecule has 2 aromatic rings. The zero-order valence-corrected chi connectivity index (χ0v) is 14.5. The summed E-state index contributed by atoms with van der Waals surface area (Å²) in [5, 5.41) is 0. The molecule has 4 heteroatoms. The summed E-state index contributed by atoms with van der Waals surface area (Å²) in [6, 6.07) is 5.55. The van der Waals surface area contributed by atoms with Crippen LogP contribution < -0.4 is 0 Å². The Bertz CT molecular complexity index is 774. The maximum atomic E-state index is 14.6. The number of hydrogen-bond donors (Lipinski definition) is 0. The van der Waals surface area contributed by atoms with Gasteiger partial charge in [0, 0.05) is 11.1 Å². The molecule has 0 bridgehead atoms. The maximum Gasteiger partial charge on any atom is 0.167 e. The van der Waals surface area contributed by atoms with Crippen molar-refractivity contribution in [2.75, 3.05) is 0 Å².